The number of fused-ring (bicyclic) bond motifs is 6. The molecule has 0 atom stereocenters. The third kappa shape index (κ3) is 23.2. The summed E-state index contributed by atoms with van der Waals surface area (Å²) in [5, 5.41) is 0. The van der Waals surface area contributed by atoms with E-state index < -0.39 is 0 Å². The van der Waals surface area contributed by atoms with Crippen LogP contribution >= 0.6 is 49.6 Å². The van der Waals surface area contributed by atoms with E-state index in [0.717, 1.165) is 12.8 Å². The van der Waals surface area contributed by atoms with E-state index in [0.29, 0.717) is 0 Å². The number of halogens is 4. The van der Waals surface area contributed by atoms with E-state index in [-0.39, 0.29) is 82.1 Å². The van der Waals surface area contributed by atoms with E-state index in [2.05, 4.69) is 301 Å². The Morgan fingerprint density at radius 3 is 0.978 bits per heavy atom. The van der Waals surface area contributed by atoms with Crippen LogP contribution in [0.25, 0.3) is 22.3 Å². The molecule has 0 bridgehead atoms. The summed E-state index contributed by atoms with van der Waals surface area (Å²) in [5.74, 6) is 0. The Balaban J connectivity index is 0.000000302. The SMILES string of the molecule is CC(C)(C)c1[c-]c2c(cc1)-c1ccc(C(C)(C)C)cc1C2.CC(C)(C)c1ccc([C](=[Zr+2])c2ccc(C(C)(C)C)cc2)cc1.CC(C)(C)c1ccc([C](=[Zr+2])c2ccc(C(C)(C)C)cc2)cc1.Cl.Cl.Cl.Cl.[c-]1cccc2c1Cc1ccccc1-2.c1cc[cH-]c1.c1cc[cH-]c1. The smallest absolute Gasteiger partial charge is 0.0253 e. The van der Waals surface area contributed by atoms with Crippen molar-refractivity contribution in [2.24, 2.45) is 0 Å². The van der Waals surface area contributed by atoms with Crippen molar-refractivity contribution in [3.8, 4) is 22.3 Å². The van der Waals surface area contributed by atoms with Crippen LogP contribution in [-0.4, -0.2) is 6.41 Å². The fraction of sp³-hybridized carbons (Fsp3) is 0.302. The van der Waals surface area contributed by atoms with E-state index in [1.165, 1.54) is 155 Å². The van der Waals surface area contributed by atoms with Gasteiger partial charge in [-0.25, -0.2) is 24.3 Å². The van der Waals surface area contributed by atoms with Gasteiger partial charge in [-0.15, -0.1) is 66.3 Å². The first-order valence-electron chi connectivity index (χ1n) is 31.5. The quantitative estimate of drug-likeness (QED) is 0.154. The van der Waals surface area contributed by atoms with Gasteiger partial charge in [-0.1, -0.05) is 101 Å². The molecule has 0 amide bonds. The second-order valence-electron chi connectivity index (χ2n) is 29.7. The van der Waals surface area contributed by atoms with Crippen LogP contribution in [0.15, 0.2) is 231 Å². The van der Waals surface area contributed by atoms with Gasteiger partial charge in [0.15, 0.2) is 0 Å². The van der Waals surface area contributed by atoms with Crippen LogP contribution in [0.3, 0.4) is 0 Å². The van der Waals surface area contributed by atoms with Gasteiger partial charge in [-0.05, 0) is 34.8 Å². The zero-order valence-electron chi connectivity index (χ0n) is 58.0. The van der Waals surface area contributed by atoms with Crippen molar-refractivity contribution in [2.75, 3.05) is 0 Å². The second-order valence-corrected chi connectivity index (χ2v) is 32.2. The van der Waals surface area contributed by atoms with Crippen molar-refractivity contribution in [1.82, 2.24) is 0 Å². The van der Waals surface area contributed by atoms with Crippen LogP contribution in [0.4, 0.5) is 0 Å². The van der Waals surface area contributed by atoms with E-state index in [9.17, 15) is 0 Å². The van der Waals surface area contributed by atoms with Crippen LogP contribution in [0.5, 0.6) is 0 Å². The van der Waals surface area contributed by atoms with Crippen LogP contribution in [0.1, 0.15) is 203 Å². The molecule has 12 rings (SSSR count). The maximum Gasteiger partial charge on any atom is -0.0253 e. The Bertz CT molecular complexity index is 3420. The predicted molar refractivity (Wildman–Crippen MR) is 404 cm³/mol. The maximum absolute atomic E-state index is 3.67. The Hall–Kier alpha value is -4.87. The zero-order valence-corrected chi connectivity index (χ0v) is 66.2. The number of hydrogen-bond donors (Lipinski definition) is 0. The Kier molecular flexibility index (Phi) is 31.1. The van der Waals surface area contributed by atoms with E-state index in [1.54, 1.807) is 0 Å². The van der Waals surface area contributed by atoms with Crippen molar-refractivity contribution < 1.29 is 48.5 Å². The molecule has 0 saturated carbocycles. The maximum atomic E-state index is 3.67. The molecule has 92 heavy (non-hydrogen) atoms. The van der Waals surface area contributed by atoms with Gasteiger partial charge < -0.3 is 0 Å². The molecule has 0 aromatic heterocycles. The summed E-state index contributed by atoms with van der Waals surface area (Å²) in [6.07, 6.45) is 2.07. The second kappa shape index (κ2) is 35.2. The van der Waals surface area contributed by atoms with Crippen LogP contribution in [0, 0.1) is 12.1 Å². The van der Waals surface area contributed by atoms with E-state index in [4.69, 9.17) is 0 Å². The Morgan fingerprint density at radius 2 is 0.630 bits per heavy atom. The van der Waals surface area contributed by atoms with Gasteiger partial charge in [-0.3, -0.25) is 0 Å². The van der Waals surface area contributed by atoms with Crippen LogP contribution in [-0.2, 0) is 93.8 Å². The normalized spacial score (nSPS) is 11.7. The average Bonchev–Trinajstić information content (AvgIpc) is 1.61. The summed E-state index contributed by atoms with van der Waals surface area (Å²) >= 11 is 2.92. The summed E-state index contributed by atoms with van der Waals surface area (Å²) < 4.78 is 2.85. The van der Waals surface area contributed by atoms with Gasteiger partial charge in [0.05, 0.1) is 0 Å². The van der Waals surface area contributed by atoms with Crippen molar-refractivity contribution >= 4 is 56.0 Å². The van der Waals surface area contributed by atoms with Crippen molar-refractivity contribution in [1.29, 1.82) is 0 Å². The molecule has 0 aliphatic heterocycles. The molecule has 10 aromatic rings. The summed E-state index contributed by atoms with van der Waals surface area (Å²) in [6, 6.07) is 89.5. The Morgan fingerprint density at radius 1 is 0.315 bits per heavy atom. The molecule has 0 saturated heterocycles. The summed E-state index contributed by atoms with van der Waals surface area (Å²) in [4.78, 5) is 0. The largest absolute Gasteiger partial charge is 0.214 e. The van der Waals surface area contributed by atoms with Gasteiger partial charge in [-0.2, -0.15) is 90.0 Å². The molecule has 10 aromatic carbocycles. The molecule has 6 heteroatoms. The predicted octanol–water partition coefficient (Wildman–Crippen LogP) is 24.0. The van der Waals surface area contributed by atoms with Gasteiger partial charge in [0.25, 0.3) is 0 Å². The molecular formula is C86H100Cl4Zr2. The van der Waals surface area contributed by atoms with E-state index >= 15 is 0 Å². The molecule has 0 heterocycles. The van der Waals surface area contributed by atoms with Crippen LogP contribution in [0.2, 0.25) is 0 Å². The molecule has 0 unspecified atom stereocenters. The third-order valence-corrected chi connectivity index (χ3v) is 19.2. The first kappa shape index (κ1) is 81.4. The fourth-order valence-corrected chi connectivity index (χ4v) is 12.2. The summed E-state index contributed by atoms with van der Waals surface area (Å²) in [7, 11) is 0. The number of rotatable bonds is 4. The fourth-order valence-electron chi connectivity index (χ4n) is 10.5. The molecular weight excluding hydrogens is 1360 g/mol. The zero-order chi connectivity index (χ0) is 64.2. The molecule has 0 N–H and O–H groups in total. The standard InChI is InChI=1S/C21H25.2C21H26.C13H9.2C5H5.4ClH.2Zr/c1-20(2,3)16-7-9-18-14(12-16)11-15-13-17(21(4,5)6)8-10-19(15)18;2*1-20(2,3)18-11-7-16(8-12-18)15-17-9-13-19(14-10-17)21(4,5)6;1-3-7-12-10(5-1)9-11-6-2-4-8-13(11)12;2*1-2-4-5-3-1;;;;;;/h7-10,12H,11H2,1-6H3;2*7-14H,1-6H3;1-5,7-8H,9H2;2*1-5H;4*1H;;/q-1;;;3*-1;;;;;2*+2. The monoisotopic (exact) mass is 1450 g/mol. The minimum Gasteiger partial charge on any atom is -0.214 e. The first-order valence-corrected chi connectivity index (χ1v) is 34.0. The molecule has 2 aliphatic rings. The third-order valence-electron chi connectivity index (χ3n) is 16.4. The minimum absolute atomic E-state index is 0. The first-order chi connectivity index (χ1) is 41.3. The topological polar surface area (TPSA) is 0 Å². The molecule has 0 nitrogen and oxygen atoms in total. The van der Waals surface area contributed by atoms with Gasteiger partial charge in [0, 0.05) is 0 Å². The number of hydrogen-bond acceptors (Lipinski definition) is 0. The molecule has 2 aliphatic carbocycles. The molecule has 0 fully saturated rings. The molecule has 0 radical (unpaired) electrons. The Labute approximate surface area is 611 Å². The van der Waals surface area contributed by atoms with Gasteiger partial charge >= 0.3 is 301 Å². The van der Waals surface area contributed by atoms with Gasteiger partial charge in [0.2, 0.25) is 0 Å². The van der Waals surface area contributed by atoms with Crippen molar-refractivity contribution in [3.05, 3.63) is 321 Å². The van der Waals surface area contributed by atoms with Crippen LogP contribution < -0.4 is 0 Å². The van der Waals surface area contributed by atoms with Gasteiger partial charge in [0.1, 0.15) is 0 Å². The minimum atomic E-state index is 0. The molecule has 480 valence electrons. The van der Waals surface area contributed by atoms with Crippen molar-refractivity contribution in [2.45, 2.75) is 170 Å². The summed E-state index contributed by atoms with van der Waals surface area (Å²) in [6.45, 7) is 40.7. The number of benzene rings is 8. The van der Waals surface area contributed by atoms with Crippen molar-refractivity contribution in [3.63, 3.8) is 0 Å². The summed E-state index contributed by atoms with van der Waals surface area (Å²) in [5.41, 5.74) is 26.0. The average molecular weight is 1460 g/mol. The molecule has 0 spiro atoms. The van der Waals surface area contributed by atoms with E-state index in [1.807, 2.05) is 66.7 Å².